The Morgan fingerprint density at radius 3 is 2.82 bits per heavy atom. The van der Waals surface area contributed by atoms with Gasteiger partial charge in [-0.15, -0.1) is 11.6 Å². The molecule has 0 spiro atoms. The zero-order chi connectivity index (χ0) is 12.1. The molecule has 88 valence electrons. The van der Waals surface area contributed by atoms with Crippen LogP contribution in [0.1, 0.15) is 11.1 Å². The molecule has 0 saturated carbocycles. The summed E-state index contributed by atoms with van der Waals surface area (Å²) in [5.41, 5.74) is 1.53. The number of nitrogens with zero attached hydrogens (tertiary/aromatic N) is 1. The molecule has 0 amide bonds. The molecule has 0 aliphatic heterocycles. The van der Waals surface area contributed by atoms with Crippen LogP contribution in [0.3, 0.4) is 0 Å². The summed E-state index contributed by atoms with van der Waals surface area (Å²) < 4.78 is 19.0. The molecule has 0 radical (unpaired) electrons. The standard InChI is InChI=1S/C13H11ClFNO/c14-7-11-4-1-5-12(15)13(11)17-9-10-3-2-6-16-8-10/h1-6,8H,7,9H2. The highest BCUT2D eigenvalue weighted by Gasteiger charge is 2.09. The fourth-order valence-electron chi connectivity index (χ4n) is 1.46. The summed E-state index contributed by atoms with van der Waals surface area (Å²) in [4.78, 5) is 3.96. The zero-order valence-corrected chi connectivity index (χ0v) is 9.82. The molecule has 0 bridgehead atoms. The van der Waals surface area contributed by atoms with Gasteiger partial charge in [-0.25, -0.2) is 4.39 Å². The molecule has 1 heterocycles. The lowest BCUT2D eigenvalue weighted by Gasteiger charge is -2.10. The Morgan fingerprint density at radius 1 is 1.24 bits per heavy atom. The maximum atomic E-state index is 13.5. The van der Waals surface area contributed by atoms with Crippen LogP contribution < -0.4 is 4.74 Å². The van der Waals surface area contributed by atoms with Crippen molar-refractivity contribution >= 4 is 11.6 Å². The Balaban J connectivity index is 2.14. The number of aromatic nitrogens is 1. The number of halogens is 2. The molecule has 0 atom stereocenters. The van der Waals surface area contributed by atoms with Crippen molar-refractivity contribution in [1.82, 2.24) is 4.98 Å². The first-order valence-electron chi connectivity index (χ1n) is 5.16. The van der Waals surface area contributed by atoms with Gasteiger partial charge in [0.15, 0.2) is 11.6 Å². The predicted octanol–water partition coefficient (Wildman–Crippen LogP) is 3.54. The van der Waals surface area contributed by atoms with Gasteiger partial charge in [0.2, 0.25) is 0 Å². The molecule has 1 aromatic heterocycles. The minimum Gasteiger partial charge on any atom is -0.485 e. The number of hydrogen-bond acceptors (Lipinski definition) is 2. The second kappa shape index (κ2) is 5.64. The first-order valence-corrected chi connectivity index (χ1v) is 5.70. The van der Waals surface area contributed by atoms with E-state index in [4.69, 9.17) is 16.3 Å². The first-order chi connectivity index (χ1) is 8.31. The monoisotopic (exact) mass is 251 g/mol. The maximum absolute atomic E-state index is 13.5. The van der Waals surface area contributed by atoms with Crippen molar-refractivity contribution in [2.75, 3.05) is 0 Å². The normalized spacial score (nSPS) is 10.2. The minimum atomic E-state index is -0.396. The van der Waals surface area contributed by atoms with E-state index in [1.807, 2.05) is 12.1 Å². The van der Waals surface area contributed by atoms with Crippen molar-refractivity contribution in [2.45, 2.75) is 12.5 Å². The van der Waals surface area contributed by atoms with Crippen LogP contribution in [0.4, 0.5) is 4.39 Å². The second-order valence-electron chi connectivity index (χ2n) is 3.51. The van der Waals surface area contributed by atoms with Crippen molar-refractivity contribution in [1.29, 1.82) is 0 Å². The van der Waals surface area contributed by atoms with Gasteiger partial charge in [-0.1, -0.05) is 18.2 Å². The van der Waals surface area contributed by atoms with Crippen LogP contribution >= 0.6 is 11.6 Å². The number of ether oxygens (including phenoxy) is 1. The zero-order valence-electron chi connectivity index (χ0n) is 9.07. The molecule has 0 aliphatic carbocycles. The Labute approximate surface area is 104 Å². The molecule has 0 fully saturated rings. The average molecular weight is 252 g/mol. The molecule has 1 aromatic carbocycles. The van der Waals surface area contributed by atoms with Crippen molar-refractivity contribution in [3.05, 3.63) is 59.7 Å². The molecular weight excluding hydrogens is 241 g/mol. The number of benzene rings is 1. The summed E-state index contributed by atoms with van der Waals surface area (Å²) in [5, 5.41) is 0. The van der Waals surface area contributed by atoms with Crippen LogP contribution in [-0.4, -0.2) is 4.98 Å². The van der Waals surface area contributed by atoms with E-state index in [0.717, 1.165) is 5.56 Å². The topological polar surface area (TPSA) is 22.1 Å². The number of para-hydroxylation sites is 1. The van der Waals surface area contributed by atoms with E-state index < -0.39 is 5.82 Å². The summed E-state index contributed by atoms with van der Waals surface area (Å²) >= 11 is 5.73. The molecule has 2 aromatic rings. The highest BCUT2D eigenvalue weighted by Crippen LogP contribution is 2.25. The first kappa shape index (κ1) is 11.9. The van der Waals surface area contributed by atoms with Crippen LogP contribution in [0.2, 0.25) is 0 Å². The van der Waals surface area contributed by atoms with Gasteiger partial charge in [-0.2, -0.15) is 0 Å². The Morgan fingerprint density at radius 2 is 2.12 bits per heavy atom. The van der Waals surface area contributed by atoms with Gasteiger partial charge in [-0.3, -0.25) is 4.98 Å². The van der Waals surface area contributed by atoms with E-state index in [9.17, 15) is 4.39 Å². The van der Waals surface area contributed by atoms with Crippen LogP contribution in [-0.2, 0) is 12.5 Å². The third-order valence-corrected chi connectivity index (χ3v) is 2.59. The van der Waals surface area contributed by atoms with Gasteiger partial charge in [0, 0.05) is 23.5 Å². The Bertz CT molecular complexity index is 490. The molecular formula is C13H11ClFNO. The number of hydrogen-bond donors (Lipinski definition) is 0. The van der Waals surface area contributed by atoms with E-state index in [2.05, 4.69) is 4.98 Å². The van der Waals surface area contributed by atoms with Crippen LogP contribution in [0.25, 0.3) is 0 Å². The maximum Gasteiger partial charge on any atom is 0.165 e. The quantitative estimate of drug-likeness (QED) is 0.776. The van der Waals surface area contributed by atoms with Gasteiger partial charge in [0.1, 0.15) is 6.61 Å². The summed E-state index contributed by atoms with van der Waals surface area (Å²) in [6.45, 7) is 0.276. The van der Waals surface area contributed by atoms with E-state index in [1.165, 1.54) is 6.07 Å². The van der Waals surface area contributed by atoms with E-state index >= 15 is 0 Å². The Kier molecular flexibility index (Phi) is 3.94. The van der Waals surface area contributed by atoms with Gasteiger partial charge in [0.05, 0.1) is 5.88 Å². The molecule has 0 saturated heterocycles. The van der Waals surface area contributed by atoms with Gasteiger partial charge < -0.3 is 4.74 Å². The molecule has 2 nitrogen and oxygen atoms in total. The van der Waals surface area contributed by atoms with Crippen molar-refractivity contribution in [3.63, 3.8) is 0 Å². The number of pyridine rings is 1. The minimum absolute atomic E-state index is 0.214. The molecule has 0 aliphatic rings. The van der Waals surface area contributed by atoms with Crippen LogP contribution in [0.15, 0.2) is 42.7 Å². The number of alkyl halides is 1. The summed E-state index contributed by atoms with van der Waals surface area (Å²) in [6.07, 6.45) is 3.36. The molecule has 4 heteroatoms. The lowest BCUT2D eigenvalue weighted by molar-refractivity contribution is 0.287. The van der Waals surface area contributed by atoms with Crippen molar-refractivity contribution in [2.24, 2.45) is 0 Å². The number of rotatable bonds is 4. The summed E-state index contributed by atoms with van der Waals surface area (Å²) in [6, 6.07) is 8.39. The average Bonchev–Trinajstić information content (AvgIpc) is 2.38. The molecule has 0 N–H and O–H groups in total. The summed E-state index contributed by atoms with van der Waals surface area (Å²) in [5.74, 6) is 0.0403. The third kappa shape index (κ3) is 2.94. The van der Waals surface area contributed by atoms with Crippen molar-refractivity contribution in [3.8, 4) is 5.75 Å². The molecule has 0 unspecified atom stereocenters. The van der Waals surface area contributed by atoms with Crippen LogP contribution in [0, 0.1) is 5.82 Å². The van der Waals surface area contributed by atoms with Gasteiger partial charge >= 0.3 is 0 Å². The van der Waals surface area contributed by atoms with E-state index in [1.54, 1.807) is 24.5 Å². The fourth-order valence-corrected chi connectivity index (χ4v) is 1.67. The highest BCUT2D eigenvalue weighted by molar-refractivity contribution is 6.17. The smallest absolute Gasteiger partial charge is 0.165 e. The van der Waals surface area contributed by atoms with Crippen LogP contribution in [0.5, 0.6) is 5.75 Å². The molecule has 2 rings (SSSR count). The van der Waals surface area contributed by atoms with Gasteiger partial charge in [0.25, 0.3) is 0 Å². The largest absolute Gasteiger partial charge is 0.485 e. The lowest BCUT2D eigenvalue weighted by atomic mass is 10.2. The van der Waals surface area contributed by atoms with Gasteiger partial charge in [-0.05, 0) is 12.1 Å². The third-order valence-electron chi connectivity index (χ3n) is 2.30. The highest BCUT2D eigenvalue weighted by atomic mass is 35.5. The van der Waals surface area contributed by atoms with E-state index in [0.29, 0.717) is 5.56 Å². The van der Waals surface area contributed by atoms with Crippen molar-refractivity contribution < 1.29 is 9.13 Å². The summed E-state index contributed by atoms with van der Waals surface area (Å²) in [7, 11) is 0. The lowest BCUT2D eigenvalue weighted by Crippen LogP contribution is -2.00. The Hall–Kier alpha value is -1.61. The SMILES string of the molecule is Fc1cccc(CCl)c1OCc1cccnc1. The molecule has 17 heavy (non-hydrogen) atoms. The van der Waals surface area contributed by atoms with E-state index in [-0.39, 0.29) is 18.2 Å². The predicted molar refractivity (Wildman–Crippen MR) is 64.5 cm³/mol. The fraction of sp³-hybridized carbons (Fsp3) is 0.154. The second-order valence-corrected chi connectivity index (χ2v) is 3.78.